The lowest BCUT2D eigenvalue weighted by atomic mass is 10.1. The Morgan fingerprint density at radius 3 is 2.25 bits per heavy atom. The summed E-state index contributed by atoms with van der Waals surface area (Å²) in [6.07, 6.45) is 5.24. The third kappa shape index (κ3) is 4.27. The number of hydrogen-bond donors (Lipinski definition) is 2. The van der Waals surface area contributed by atoms with Crippen LogP contribution in [0.25, 0.3) is 5.65 Å². The monoisotopic (exact) mass is 451 g/mol. The summed E-state index contributed by atoms with van der Waals surface area (Å²) in [5, 5.41) is 11.2. The molecule has 1 aromatic carbocycles. The highest BCUT2D eigenvalue weighted by Gasteiger charge is 2.17. The summed E-state index contributed by atoms with van der Waals surface area (Å²) in [7, 11) is -0.465. The van der Waals surface area contributed by atoms with Crippen LogP contribution < -0.4 is 10.6 Å². The predicted molar refractivity (Wildman–Crippen MR) is 125 cm³/mol. The van der Waals surface area contributed by atoms with Crippen LogP contribution in [0, 0.1) is 0 Å². The van der Waals surface area contributed by atoms with Crippen LogP contribution in [0.15, 0.2) is 66.0 Å². The lowest BCUT2D eigenvalue weighted by molar-refractivity contribution is 0.521. The van der Waals surface area contributed by atoms with Crippen molar-refractivity contribution >= 4 is 38.7 Å². The molecule has 10 heteroatoms. The molecule has 0 aliphatic heterocycles. The number of rotatable bonds is 7. The molecule has 0 unspecified atom stereocenters. The molecular formula is C22H25N7O2S. The topological polar surface area (TPSA) is 105 Å². The molecule has 0 spiro atoms. The molecule has 0 saturated carbocycles. The van der Waals surface area contributed by atoms with Gasteiger partial charge in [0.15, 0.2) is 5.65 Å². The Bertz CT molecular complexity index is 1330. The third-order valence-electron chi connectivity index (χ3n) is 4.98. The van der Waals surface area contributed by atoms with E-state index in [1.165, 1.54) is 18.4 Å². The standard InChI is InChI=1S/C22H25N7O2S/c1-15(2)19-14-24-29-21(13-20(27-22(19)29)25-17-9-11-23-12-10-17)26-16-5-7-18(8-6-16)32(30,31)28(3)4/h5-15,26H,1-4H3,(H,23,25,27). The first kappa shape index (κ1) is 21.7. The number of nitrogens with zero attached hydrogens (tertiary/aromatic N) is 5. The number of fused-ring (bicyclic) bond motifs is 1. The smallest absolute Gasteiger partial charge is 0.242 e. The Morgan fingerprint density at radius 1 is 0.969 bits per heavy atom. The Hall–Kier alpha value is -3.50. The lowest BCUT2D eigenvalue weighted by Crippen LogP contribution is -2.22. The number of anilines is 4. The second-order valence-corrected chi connectivity index (χ2v) is 9.97. The molecule has 4 rings (SSSR count). The van der Waals surface area contributed by atoms with Gasteiger partial charge in [-0.05, 0) is 42.3 Å². The van der Waals surface area contributed by atoms with E-state index in [1.54, 1.807) is 41.2 Å². The number of sulfonamides is 1. The van der Waals surface area contributed by atoms with Crippen LogP contribution in [0.2, 0.25) is 0 Å². The second kappa shape index (κ2) is 8.56. The van der Waals surface area contributed by atoms with Gasteiger partial charge in [0, 0.05) is 49.5 Å². The summed E-state index contributed by atoms with van der Waals surface area (Å²) in [6, 6.07) is 12.2. The van der Waals surface area contributed by atoms with Crippen LogP contribution in [-0.2, 0) is 10.0 Å². The molecule has 0 aliphatic rings. The maximum atomic E-state index is 12.3. The van der Waals surface area contributed by atoms with Crippen molar-refractivity contribution in [1.82, 2.24) is 23.9 Å². The van der Waals surface area contributed by atoms with Crippen LogP contribution in [0.1, 0.15) is 25.3 Å². The van der Waals surface area contributed by atoms with Gasteiger partial charge in [-0.15, -0.1) is 0 Å². The van der Waals surface area contributed by atoms with E-state index < -0.39 is 10.0 Å². The zero-order valence-electron chi connectivity index (χ0n) is 18.3. The molecule has 3 heterocycles. The van der Waals surface area contributed by atoms with Gasteiger partial charge in [0.1, 0.15) is 11.6 Å². The third-order valence-corrected chi connectivity index (χ3v) is 6.81. The number of pyridine rings is 1. The molecule has 0 bridgehead atoms. The van der Waals surface area contributed by atoms with Gasteiger partial charge in [-0.2, -0.15) is 9.61 Å². The van der Waals surface area contributed by atoms with Gasteiger partial charge in [0.2, 0.25) is 10.0 Å². The fraction of sp³-hybridized carbons (Fsp3) is 0.227. The first-order valence-corrected chi connectivity index (χ1v) is 11.5. The Labute approximate surface area is 187 Å². The van der Waals surface area contributed by atoms with Gasteiger partial charge in [-0.1, -0.05) is 13.8 Å². The Morgan fingerprint density at radius 2 is 1.62 bits per heavy atom. The number of benzene rings is 1. The zero-order valence-corrected chi connectivity index (χ0v) is 19.1. The highest BCUT2D eigenvalue weighted by atomic mass is 32.2. The number of nitrogens with one attached hydrogen (secondary N) is 2. The van der Waals surface area contributed by atoms with Gasteiger partial charge < -0.3 is 10.6 Å². The van der Waals surface area contributed by atoms with Gasteiger partial charge in [0.25, 0.3) is 0 Å². The first-order valence-electron chi connectivity index (χ1n) is 10.1. The van der Waals surface area contributed by atoms with Crippen LogP contribution in [-0.4, -0.2) is 46.4 Å². The minimum atomic E-state index is -3.49. The molecule has 32 heavy (non-hydrogen) atoms. The minimum Gasteiger partial charge on any atom is -0.340 e. The summed E-state index contributed by atoms with van der Waals surface area (Å²) in [4.78, 5) is 9.04. The summed E-state index contributed by atoms with van der Waals surface area (Å²) in [6.45, 7) is 4.19. The SMILES string of the molecule is CC(C)c1cnn2c(Nc3ccc(S(=O)(=O)N(C)C)cc3)cc(Nc3ccncc3)nc12. The fourth-order valence-electron chi connectivity index (χ4n) is 3.19. The molecule has 2 N–H and O–H groups in total. The number of aromatic nitrogens is 4. The van der Waals surface area contributed by atoms with Crippen molar-refractivity contribution in [2.24, 2.45) is 0 Å². The summed E-state index contributed by atoms with van der Waals surface area (Å²) in [5.41, 5.74) is 3.37. The molecule has 0 amide bonds. The normalized spacial score (nSPS) is 11.9. The molecule has 0 aliphatic carbocycles. The van der Waals surface area contributed by atoms with E-state index in [4.69, 9.17) is 4.98 Å². The van der Waals surface area contributed by atoms with Crippen molar-refractivity contribution in [3.63, 3.8) is 0 Å². The molecule has 0 saturated heterocycles. The van der Waals surface area contributed by atoms with Crippen LogP contribution >= 0.6 is 0 Å². The van der Waals surface area contributed by atoms with Crippen molar-refractivity contribution in [1.29, 1.82) is 0 Å². The molecule has 9 nitrogen and oxygen atoms in total. The first-order chi connectivity index (χ1) is 15.3. The van der Waals surface area contributed by atoms with Crippen molar-refractivity contribution in [2.45, 2.75) is 24.7 Å². The molecule has 0 atom stereocenters. The van der Waals surface area contributed by atoms with E-state index in [0.717, 1.165) is 22.6 Å². The summed E-state index contributed by atoms with van der Waals surface area (Å²) in [5.74, 6) is 1.60. The summed E-state index contributed by atoms with van der Waals surface area (Å²) >= 11 is 0. The van der Waals surface area contributed by atoms with E-state index in [-0.39, 0.29) is 10.8 Å². The maximum Gasteiger partial charge on any atom is 0.242 e. The van der Waals surface area contributed by atoms with Crippen LogP contribution in [0.4, 0.5) is 23.0 Å². The van der Waals surface area contributed by atoms with Gasteiger partial charge >= 0.3 is 0 Å². The lowest BCUT2D eigenvalue weighted by Gasteiger charge is -2.14. The quantitative estimate of drug-likeness (QED) is 0.438. The zero-order chi connectivity index (χ0) is 22.9. The van der Waals surface area contributed by atoms with Gasteiger partial charge in [-0.25, -0.2) is 17.7 Å². The number of hydrogen-bond acceptors (Lipinski definition) is 7. The predicted octanol–water partition coefficient (Wildman–Crippen LogP) is 3.99. The average molecular weight is 452 g/mol. The van der Waals surface area contributed by atoms with Crippen LogP contribution in [0.5, 0.6) is 0 Å². The largest absolute Gasteiger partial charge is 0.340 e. The van der Waals surface area contributed by atoms with Crippen molar-refractivity contribution in [3.8, 4) is 0 Å². The molecule has 3 aromatic heterocycles. The molecular weight excluding hydrogens is 426 g/mol. The van der Waals surface area contributed by atoms with Crippen molar-refractivity contribution in [3.05, 3.63) is 66.6 Å². The minimum absolute atomic E-state index is 0.231. The van der Waals surface area contributed by atoms with Gasteiger partial charge in [-0.3, -0.25) is 4.98 Å². The summed E-state index contributed by atoms with van der Waals surface area (Å²) < 4.78 is 27.6. The average Bonchev–Trinajstić information content (AvgIpc) is 3.19. The van der Waals surface area contributed by atoms with Crippen molar-refractivity contribution < 1.29 is 8.42 Å². The van der Waals surface area contributed by atoms with E-state index in [2.05, 4.69) is 34.6 Å². The fourth-order valence-corrected chi connectivity index (χ4v) is 4.09. The molecule has 166 valence electrons. The van der Waals surface area contributed by atoms with Crippen molar-refractivity contribution in [2.75, 3.05) is 24.7 Å². The highest BCUT2D eigenvalue weighted by molar-refractivity contribution is 7.89. The molecule has 0 radical (unpaired) electrons. The van der Waals surface area contributed by atoms with Gasteiger partial charge in [0.05, 0.1) is 11.1 Å². The van der Waals surface area contributed by atoms with E-state index in [0.29, 0.717) is 11.6 Å². The van der Waals surface area contributed by atoms with E-state index in [9.17, 15) is 8.42 Å². The Kier molecular flexibility index (Phi) is 5.81. The maximum absolute atomic E-state index is 12.3. The van der Waals surface area contributed by atoms with E-state index >= 15 is 0 Å². The molecule has 0 fully saturated rings. The second-order valence-electron chi connectivity index (χ2n) is 7.81. The highest BCUT2D eigenvalue weighted by Crippen LogP contribution is 2.27. The Balaban J connectivity index is 1.72. The molecule has 4 aromatic rings. The van der Waals surface area contributed by atoms with Crippen LogP contribution in [0.3, 0.4) is 0 Å². The van der Waals surface area contributed by atoms with E-state index in [1.807, 2.05) is 24.4 Å².